The molecule has 1 heterocycles. The number of amides is 2. The molecule has 1 N–H and O–H groups in total. The number of likely N-dealkylation sites (tertiary alicyclic amines) is 1. The number of hydrogen-bond donors (Lipinski definition) is 1. The lowest BCUT2D eigenvalue weighted by Crippen LogP contribution is -2.43. The van der Waals surface area contributed by atoms with E-state index < -0.39 is 0 Å². The number of aryl methyl sites for hydroxylation is 1. The van der Waals surface area contributed by atoms with Crippen LogP contribution in [0, 0.1) is 11.8 Å². The number of hydrogen-bond acceptors (Lipinski definition) is 2. The lowest BCUT2D eigenvalue weighted by atomic mass is 9.95. The average Bonchev–Trinajstić information content (AvgIpc) is 2.62. The Bertz CT molecular complexity index is 558. The van der Waals surface area contributed by atoms with E-state index in [2.05, 4.69) is 24.4 Å². The molecule has 1 fully saturated rings. The van der Waals surface area contributed by atoms with Crippen molar-refractivity contribution in [3.63, 3.8) is 0 Å². The van der Waals surface area contributed by atoms with E-state index in [0.29, 0.717) is 13.1 Å². The summed E-state index contributed by atoms with van der Waals surface area (Å²) < 4.78 is 0. The molecule has 1 aliphatic rings. The molecule has 0 spiro atoms. The minimum absolute atomic E-state index is 0.000410. The van der Waals surface area contributed by atoms with Gasteiger partial charge in [0, 0.05) is 30.6 Å². The Morgan fingerprint density at radius 2 is 1.76 bits per heavy atom. The summed E-state index contributed by atoms with van der Waals surface area (Å²) in [7, 11) is 0. The topological polar surface area (TPSA) is 49.4 Å². The monoisotopic (exact) mass is 344 g/mol. The van der Waals surface area contributed by atoms with Gasteiger partial charge in [-0.3, -0.25) is 9.59 Å². The fraction of sp³-hybridized carbons (Fsp3) is 0.619. The molecule has 1 aromatic rings. The highest BCUT2D eigenvalue weighted by atomic mass is 16.2. The lowest BCUT2D eigenvalue weighted by molar-refractivity contribution is -0.137. The van der Waals surface area contributed by atoms with Gasteiger partial charge in [-0.2, -0.15) is 0 Å². The number of carbonyl (C=O) groups is 2. The Hall–Kier alpha value is -1.84. The van der Waals surface area contributed by atoms with Gasteiger partial charge >= 0.3 is 0 Å². The minimum atomic E-state index is 0.000410. The van der Waals surface area contributed by atoms with Crippen LogP contribution in [-0.2, 0) is 16.0 Å². The van der Waals surface area contributed by atoms with Crippen LogP contribution in [0.3, 0.4) is 0 Å². The highest BCUT2D eigenvalue weighted by molar-refractivity contribution is 5.92. The number of piperidine rings is 1. The van der Waals surface area contributed by atoms with Gasteiger partial charge in [0.15, 0.2) is 0 Å². The zero-order valence-electron chi connectivity index (χ0n) is 15.9. The molecule has 0 bridgehead atoms. The van der Waals surface area contributed by atoms with Gasteiger partial charge in [-0.25, -0.2) is 0 Å². The van der Waals surface area contributed by atoms with Gasteiger partial charge in [-0.15, -0.1) is 0 Å². The fourth-order valence-electron chi connectivity index (χ4n) is 3.31. The summed E-state index contributed by atoms with van der Waals surface area (Å²) in [6.07, 6.45) is 6.31. The Kier molecular flexibility index (Phi) is 7.48. The van der Waals surface area contributed by atoms with Crippen molar-refractivity contribution in [3.8, 4) is 0 Å². The number of benzene rings is 1. The van der Waals surface area contributed by atoms with Crippen molar-refractivity contribution in [1.29, 1.82) is 0 Å². The summed E-state index contributed by atoms with van der Waals surface area (Å²) in [5, 5.41) is 3.03. The first-order valence-electron chi connectivity index (χ1n) is 9.69. The lowest BCUT2D eigenvalue weighted by Gasteiger charge is -2.32. The maximum atomic E-state index is 12.5. The molecular formula is C21H32N2O2. The highest BCUT2D eigenvalue weighted by Crippen LogP contribution is 2.21. The van der Waals surface area contributed by atoms with Crippen LogP contribution in [0.25, 0.3) is 0 Å². The van der Waals surface area contributed by atoms with Crippen LogP contribution in [-0.4, -0.2) is 29.8 Å². The van der Waals surface area contributed by atoms with Crippen molar-refractivity contribution in [1.82, 2.24) is 4.90 Å². The molecule has 1 saturated heterocycles. The third-order valence-corrected chi connectivity index (χ3v) is 4.96. The molecule has 2 amide bonds. The number of nitrogens with zero attached hydrogens (tertiary/aromatic N) is 1. The van der Waals surface area contributed by atoms with Crippen LogP contribution in [0.4, 0.5) is 5.69 Å². The maximum absolute atomic E-state index is 12.5. The molecule has 138 valence electrons. The number of anilines is 1. The molecule has 0 aliphatic carbocycles. The summed E-state index contributed by atoms with van der Waals surface area (Å²) in [4.78, 5) is 26.4. The van der Waals surface area contributed by atoms with Crippen LogP contribution >= 0.6 is 0 Å². The van der Waals surface area contributed by atoms with E-state index in [4.69, 9.17) is 0 Å². The predicted molar refractivity (Wildman–Crippen MR) is 102 cm³/mol. The van der Waals surface area contributed by atoms with E-state index >= 15 is 0 Å². The molecular weight excluding hydrogens is 312 g/mol. The number of unbranched alkanes of at least 4 members (excludes halogenated alkanes) is 2. The standard InChI is InChI=1S/C21H32N2O2/c1-4-5-6-7-17-8-10-19(11-9-17)22-20(24)18-12-14-23(15-13-18)21(25)16(2)3/h8-11,16,18H,4-7,12-15H2,1-3H3,(H,22,24). The molecule has 1 aromatic carbocycles. The molecule has 4 nitrogen and oxygen atoms in total. The van der Waals surface area contributed by atoms with Gasteiger partial charge in [0.25, 0.3) is 0 Å². The molecule has 1 aliphatic heterocycles. The summed E-state index contributed by atoms with van der Waals surface area (Å²) in [5.74, 6) is 0.301. The van der Waals surface area contributed by atoms with Crippen LogP contribution in [0.5, 0.6) is 0 Å². The van der Waals surface area contributed by atoms with E-state index in [1.165, 1.54) is 24.8 Å². The van der Waals surface area contributed by atoms with Crippen molar-refractivity contribution in [2.45, 2.75) is 59.3 Å². The molecule has 2 rings (SSSR count). The SMILES string of the molecule is CCCCCc1ccc(NC(=O)C2CCN(C(=O)C(C)C)CC2)cc1. The van der Waals surface area contributed by atoms with Crippen LogP contribution in [0.15, 0.2) is 24.3 Å². The zero-order chi connectivity index (χ0) is 18.2. The van der Waals surface area contributed by atoms with Gasteiger partial charge in [0.05, 0.1) is 0 Å². The second kappa shape index (κ2) is 9.59. The zero-order valence-corrected chi connectivity index (χ0v) is 15.9. The third-order valence-electron chi connectivity index (χ3n) is 4.96. The molecule has 0 aromatic heterocycles. The van der Waals surface area contributed by atoms with Crippen molar-refractivity contribution in [2.24, 2.45) is 11.8 Å². The first kappa shape index (κ1) is 19.5. The Morgan fingerprint density at radius 1 is 1.12 bits per heavy atom. The van der Waals surface area contributed by atoms with E-state index in [-0.39, 0.29) is 23.7 Å². The summed E-state index contributed by atoms with van der Waals surface area (Å²) in [5.41, 5.74) is 2.19. The smallest absolute Gasteiger partial charge is 0.227 e. The normalized spacial score (nSPS) is 15.4. The predicted octanol–water partition coefficient (Wildman–Crippen LogP) is 4.25. The van der Waals surface area contributed by atoms with Crippen molar-refractivity contribution >= 4 is 17.5 Å². The minimum Gasteiger partial charge on any atom is -0.342 e. The van der Waals surface area contributed by atoms with E-state index in [1.807, 2.05) is 30.9 Å². The summed E-state index contributed by atoms with van der Waals surface area (Å²) in [6.45, 7) is 7.43. The van der Waals surface area contributed by atoms with Crippen LogP contribution in [0.2, 0.25) is 0 Å². The van der Waals surface area contributed by atoms with E-state index in [1.54, 1.807) is 0 Å². The van der Waals surface area contributed by atoms with Crippen molar-refractivity contribution < 1.29 is 9.59 Å². The second-order valence-corrected chi connectivity index (χ2v) is 7.40. The first-order valence-corrected chi connectivity index (χ1v) is 9.69. The van der Waals surface area contributed by atoms with Gasteiger partial charge in [0.2, 0.25) is 11.8 Å². The number of carbonyl (C=O) groups excluding carboxylic acids is 2. The third kappa shape index (κ3) is 5.87. The van der Waals surface area contributed by atoms with Gasteiger partial charge in [-0.1, -0.05) is 45.7 Å². The summed E-state index contributed by atoms with van der Waals surface area (Å²) in [6, 6.07) is 8.21. The van der Waals surface area contributed by atoms with E-state index in [9.17, 15) is 9.59 Å². The first-order chi connectivity index (χ1) is 12.0. The average molecular weight is 344 g/mol. The summed E-state index contributed by atoms with van der Waals surface area (Å²) >= 11 is 0. The quantitative estimate of drug-likeness (QED) is 0.752. The molecule has 0 atom stereocenters. The van der Waals surface area contributed by atoms with Gasteiger partial charge in [0.1, 0.15) is 0 Å². The maximum Gasteiger partial charge on any atom is 0.227 e. The van der Waals surface area contributed by atoms with E-state index in [0.717, 1.165) is 24.9 Å². The van der Waals surface area contributed by atoms with Gasteiger partial charge < -0.3 is 10.2 Å². The molecule has 0 unspecified atom stereocenters. The van der Waals surface area contributed by atoms with Crippen molar-refractivity contribution in [2.75, 3.05) is 18.4 Å². The van der Waals surface area contributed by atoms with Crippen LogP contribution < -0.4 is 5.32 Å². The molecule has 0 saturated carbocycles. The Labute approximate surface area is 152 Å². The largest absolute Gasteiger partial charge is 0.342 e. The Balaban J connectivity index is 1.79. The number of rotatable bonds is 7. The Morgan fingerprint density at radius 3 is 2.32 bits per heavy atom. The van der Waals surface area contributed by atoms with Crippen LogP contribution in [0.1, 0.15) is 58.4 Å². The molecule has 0 radical (unpaired) electrons. The molecule has 4 heteroatoms. The van der Waals surface area contributed by atoms with Gasteiger partial charge in [-0.05, 0) is 43.4 Å². The highest BCUT2D eigenvalue weighted by Gasteiger charge is 2.28. The second-order valence-electron chi connectivity index (χ2n) is 7.40. The number of nitrogens with one attached hydrogen (secondary N) is 1. The van der Waals surface area contributed by atoms with Crippen molar-refractivity contribution in [3.05, 3.63) is 29.8 Å². The fourth-order valence-corrected chi connectivity index (χ4v) is 3.31. The molecule has 25 heavy (non-hydrogen) atoms.